The van der Waals surface area contributed by atoms with Crippen molar-refractivity contribution in [2.45, 2.75) is 84.8 Å². The lowest BCUT2D eigenvalue weighted by Crippen LogP contribution is -2.52. The third-order valence-corrected chi connectivity index (χ3v) is 13.1. The van der Waals surface area contributed by atoms with E-state index < -0.39 is 12.2 Å². The van der Waals surface area contributed by atoms with Crippen molar-refractivity contribution in [3.8, 4) is 5.75 Å². The van der Waals surface area contributed by atoms with E-state index >= 15 is 0 Å². The number of nitrogens with zero attached hydrogens (tertiary/aromatic N) is 5. The lowest BCUT2D eigenvalue weighted by Gasteiger charge is -2.41. The summed E-state index contributed by atoms with van der Waals surface area (Å²) in [6.07, 6.45) is 4.53. The van der Waals surface area contributed by atoms with E-state index in [4.69, 9.17) is 14.2 Å². The van der Waals surface area contributed by atoms with Crippen LogP contribution in [0.5, 0.6) is 5.75 Å². The minimum absolute atomic E-state index is 0. The fraction of sp³-hybridized carbons (Fsp3) is 0.644. The number of fused-ring (bicyclic) bond motifs is 1. The maximum atomic E-state index is 14.2. The molecule has 5 heterocycles. The quantitative estimate of drug-likeness (QED) is 0.295. The Balaban J connectivity index is 0.00000585. The van der Waals surface area contributed by atoms with Gasteiger partial charge in [0.2, 0.25) is 0 Å². The number of phenols is 1. The van der Waals surface area contributed by atoms with Gasteiger partial charge in [0.1, 0.15) is 12.4 Å². The van der Waals surface area contributed by atoms with Gasteiger partial charge in [-0.25, -0.2) is 9.59 Å². The number of aryl methyl sites for hydroxylation is 2. The van der Waals surface area contributed by atoms with Gasteiger partial charge in [0.25, 0.3) is 5.91 Å². The SMILES string of the molecule is C.Cc1cc(C[C@@H](OC(=O)N2CCC(N3CCc4ccccc4NC3=O)CC2)C(=O)N2CCC(C3CCN(CC(=O)OCCN4CCOCC4)CC3)CC2)cc(C)c1O. The molecule has 2 N–H and O–H groups in total. The molecule has 14 heteroatoms. The zero-order chi connectivity index (χ0) is 40.6. The molecule has 4 saturated heterocycles. The van der Waals surface area contributed by atoms with Gasteiger partial charge in [0.05, 0.1) is 19.8 Å². The first kappa shape index (κ1) is 44.2. The van der Waals surface area contributed by atoms with Gasteiger partial charge in [-0.3, -0.25) is 19.4 Å². The molecule has 7 rings (SSSR count). The molecule has 5 aliphatic heterocycles. The van der Waals surface area contributed by atoms with Gasteiger partial charge < -0.3 is 39.3 Å². The predicted octanol–water partition coefficient (Wildman–Crippen LogP) is 5.07. The van der Waals surface area contributed by atoms with Crippen LogP contribution in [0.15, 0.2) is 36.4 Å². The summed E-state index contributed by atoms with van der Waals surface area (Å²) in [7, 11) is 0. The number of likely N-dealkylation sites (tertiary alicyclic amines) is 3. The number of benzene rings is 2. The summed E-state index contributed by atoms with van der Waals surface area (Å²) in [5.41, 5.74) is 4.21. The topological polar surface area (TPSA) is 144 Å². The van der Waals surface area contributed by atoms with E-state index in [0.717, 1.165) is 94.9 Å². The molecule has 4 fully saturated rings. The van der Waals surface area contributed by atoms with Crippen molar-refractivity contribution >= 4 is 29.7 Å². The molecule has 5 aliphatic rings. The maximum absolute atomic E-state index is 14.2. The Morgan fingerprint density at radius 3 is 2.14 bits per heavy atom. The molecule has 0 aliphatic carbocycles. The number of hydrogen-bond acceptors (Lipinski definition) is 10. The highest BCUT2D eigenvalue weighted by Crippen LogP contribution is 2.33. The molecule has 324 valence electrons. The first-order valence-corrected chi connectivity index (χ1v) is 21.5. The number of urea groups is 1. The van der Waals surface area contributed by atoms with Crippen molar-refractivity contribution < 1.29 is 38.5 Å². The number of hydrogen-bond donors (Lipinski definition) is 2. The third-order valence-electron chi connectivity index (χ3n) is 13.1. The maximum Gasteiger partial charge on any atom is 0.410 e. The summed E-state index contributed by atoms with van der Waals surface area (Å²) >= 11 is 0. The number of esters is 1. The van der Waals surface area contributed by atoms with E-state index in [0.29, 0.717) is 81.7 Å². The highest BCUT2D eigenvalue weighted by molar-refractivity contribution is 5.91. The molecular weight excluding hydrogens is 753 g/mol. The number of rotatable bonds is 11. The van der Waals surface area contributed by atoms with Crippen molar-refractivity contribution in [1.82, 2.24) is 24.5 Å². The Labute approximate surface area is 350 Å². The lowest BCUT2D eigenvalue weighted by atomic mass is 9.78. The minimum atomic E-state index is -1.00. The summed E-state index contributed by atoms with van der Waals surface area (Å²) in [5, 5.41) is 13.5. The molecule has 0 aromatic heterocycles. The summed E-state index contributed by atoms with van der Waals surface area (Å²) in [6.45, 7) is 12.8. The lowest BCUT2D eigenvalue weighted by molar-refractivity contribution is -0.146. The van der Waals surface area contributed by atoms with Crippen molar-refractivity contribution in [3.63, 3.8) is 0 Å². The van der Waals surface area contributed by atoms with E-state index in [1.165, 1.54) is 0 Å². The van der Waals surface area contributed by atoms with Crippen molar-refractivity contribution in [1.29, 1.82) is 0 Å². The zero-order valence-electron chi connectivity index (χ0n) is 34.4. The van der Waals surface area contributed by atoms with Crippen LogP contribution in [0.1, 0.15) is 68.2 Å². The van der Waals surface area contributed by atoms with Crippen molar-refractivity contribution in [2.24, 2.45) is 11.8 Å². The number of morpholine rings is 1. The van der Waals surface area contributed by atoms with E-state index in [1.807, 2.05) is 60.0 Å². The Morgan fingerprint density at radius 2 is 1.46 bits per heavy atom. The third kappa shape index (κ3) is 11.5. The first-order valence-electron chi connectivity index (χ1n) is 21.5. The number of amides is 4. The van der Waals surface area contributed by atoms with E-state index in [2.05, 4.69) is 15.1 Å². The Hall–Kier alpha value is -4.40. The Bertz CT molecular complexity index is 1720. The molecule has 0 unspecified atom stereocenters. The number of anilines is 1. The number of piperidine rings is 3. The standard InChI is InChI=1S/C44H62N6O8.CH4/c1-31-27-33(28-32(2)41(31)52)29-39(58-44(55)49-18-12-37(13-19-49)50-20-11-36-5-3-4-6-38(36)45-43(50)54)42(53)48-16-9-35(10-17-48)34-7-14-47(15-8-34)30-40(51)57-26-23-46-21-24-56-25-22-46;/h3-6,27-28,34-35,37,39,52H,7-26,29-30H2,1-2H3,(H,45,54);1H4/t39-;/m1./s1. The van der Waals surface area contributed by atoms with Crippen LogP contribution in [0.25, 0.3) is 0 Å². The Morgan fingerprint density at radius 1 is 0.831 bits per heavy atom. The van der Waals surface area contributed by atoms with Gasteiger partial charge in [-0.05, 0) is 112 Å². The second-order valence-electron chi connectivity index (χ2n) is 16.9. The monoisotopic (exact) mass is 818 g/mol. The van der Waals surface area contributed by atoms with Gasteiger partial charge >= 0.3 is 18.1 Å². The number of ether oxygens (including phenoxy) is 3. The summed E-state index contributed by atoms with van der Waals surface area (Å²) in [4.78, 5) is 63.6. The molecule has 1 atom stereocenters. The van der Waals surface area contributed by atoms with Crippen LogP contribution in [-0.4, -0.2) is 158 Å². The van der Waals surface area contributed by atoms with Crippen LogP contribution in [0.4, 0.5) is 15.3 Å². The molecule has 0 spiro atoms. The summed E-state index contributed by atoms with van der Waals surface area (Å²) in [5.74, 6) is 0.913. The molecular formula is C45H66N6O8. The highest BCUT2D eigenvalue weighted by Gasteiger charge is 2.37. The van der Waals surface area contributed by atoms with Crippen LogP contribution < -0.4 is 5.32 Å². The average molecular weight is 819 g/mol. The van der Waals surface area contributed by atoms with Gasteiger partial charge in [-0.15, -0.1) is 0 Å². The molecule has 0 radical (unpaired) electrons. The van der Waals surface area contributed by atoms with E-state index in [1.54, 1.807) is 4.90 Å². The van der Waals surface area contributed by atoms with Crippen LogP contribution in [0, 0.1) is 25.7 Å². The van der Waals surface area contributed by atoms with Gasteiger partial charge in [-0.1, -0.05) is 37.8 Å². The normalized spacial score (nSPS) is 20.8. The molecule has 14 nitrogen and oxygen atoms in total. The van der Waals surface area contributed by atoms with Crippen LogP contribution in [0.2, 0.25) is 0 Å². The van der Waals surface area contributed by atoms with Gasteiger partial charge in [0, 0.05) is 70.5 Å². The summed E-state index contributed by atoms with van der Waals surface area (Å²) < 4.78 is 17.0. The van der Waals surface area contributed by atoms with Gasteiger partial charge in [-0.2, -0.15) is 0 Å². The zero-order valence-corrected chi connectivity index (χ0v) is 34.4. The van der Waals surface area contributed by atoms with Crippen molar-refractivity contribution in [3.05, 3.63) is 58.7 Å². The molecule has 0 saturated carbocycles. The number of nitrogens with one attached hydrogen (secondary N) is 1. The van der Waals surface area contributed by atoms with Crippen LogP contribution in [-0.2, 0) is 36.6 Å². The second kappa shape index (κ2) is 20.7. The number of carbonyl (C=O) groups is 4. The minimum Gasteiger partial charge on any atom is -0.507 e. The largest absolute Gasteiger partial charge is 0.507 e. The predicted molar refractivity (Wildman–Crippen MR) is 225 cm³/mol. The smallest absolute Gasteiger partial charge is 0.410 e. The van der Waals surface area contributed by atoms with E-state index in [-0.39, 0.29) is 43.5 Å². The van der Waals surface area contributed by atoms with Crippen LogP contribution in [0.3, 0.4) is 0 Å². The molecule has 2 aromatic carbocycles. The fourth-order valence-electron chi connectivity index (χ4n) is 9.57. The summed E-state index contributed by atoms with van der Waals surface area (Å²) in [6, 6.07) is 11.5. The number of para-hydroxylation sites is 1. The Kier molecular flexibility index (Phi) is 15.5. The molecule has 59 heavy (non-hydrogen) atoms. The van der Waals surface area contributed by atoms with Crippen LogP contribution >= 0.6 is 0 Å². The molecule has 0 bridgehead atoms. The highest BCUT2D eigenvalue weighted by atomic mass is 16.6. The van der Waals surface area contributed by atoms with E-state index in [9.17, 15) is 24.3 Å². The second-order valence-corrected chi connectivity index (χ2v) is 16.9. The fourth-order valence-corrected chi connectivity index (χ4v) is 9.57. The first-order chi connectivity index (χ1) is 28.1. The number of carbonyl (C=O) groups excluding carboxylic acids is 4. The average Bonchev–Trinajstić information content (AvgIpc) is 3.41. The number of phenolic OH excluding ortho intramolecular Hbond substituents is 1. The molecule has 2 aromatic rings. The number of aromatic hydroxyl groups is 1. The van der Waals surface area contributed by atoms with Crippen molar-refractivity contribution in [2.75, 3.05) is 97.1 Å². The molecule has 4 amide bonds. The van der Waals surface area contributed by atoms with Gasteiger partial charge in [0.15, 0.2) is 6.10 Å².